The lowest BCUT2D eigenvalue weighted by Gasteiger charge is -2.15. The number of rotatable bonds is 6. The van der Waals surface area contributed by atoms with E-state index in [9.17, 15) is 9.90 Å². The molecule has 1 aromatic rings. The Kier molecular flexibility index (Phi) is 5.91. The maximum atomic E-state index is 11.8. The zero-order valence-electron chi connectivity index (χ0n) is 10.3. The number of amides is 1. The van der Waals surface area contributed by atoms with Crippen LogP contribution in [-0.4, -0.2) is 44.5 Å². The summed E-state index contributed by atoms with van der Waals surface area (Å²) < 4.78 is 10.0. The topological polar surface area (TPSA) is 67.8 Å². The molecule has 1 rings (SSSR count). The van der Waals surface area contributed by atoms with Gasteiger partial charge in [0.2, 0.25) is 0 Å². The first-order valence-electron chi connectivity index (χ1n) is 5.37. The summed E-state index contributed by atoms with van der Waals surface area (Å²) >= 11 is 5.76. The van der Waals surface area contributed by atoms with Crippen molar-refractivity contribution in [1.29, 1.82) is 0 Å². The summed E-state index contributed by atoms with van der Waals surface area (Å²) in [7, 11) is 3.09. The highest BCUT2D eigenvalue weighted by atomic mass is 35.5. The second kappa shape index (κ2) is 7.20. The number of hydrogen-bond donors (Lipinski definition) is 2. The fourth-order valence-corrected chi connectivity index (χ4v) is 1.56. The van der Waals surface area contributed by atoms with Crippen LogP contribution in [0.3, 0.4) is 0 Å². The fourth-order valence-electron chi connectivity index (χ4n) is 1.39. The van der Waals surface area contributed by atoms with Crippen LogP contribution in [0.15, 0.2) is 18.2 Å². The van der Waals surface area contributed by atoms with Gasteiger partial charge in [-0.2, -0.15) is 0 Å². The van der Waals surface area contributed by atoms with Crippen LogP contribution < -0.4 is 5.32 Å². The molecule has 0 aliphatic rings. The number of hydrogen-bond acceptors (Lipinski definition) is 4. The molecule has 0 radical (unpaired) electrons. The number of nitrogens with one attached hydrogen (secondary N) is 1. The standard InChI is InChI=1S/C12H16ClNO4/c1-17-7-9(18-2)6-14-12(16)10-5-8(13)3-4-11(10)15/h3-5,9,15H,6-7H2,1-2H3,(H,14,16). The number of carbonyl (C=O) groups is 1. The molecule has 0 aliphatic heterocycles. The molecule has 0 saturated heterocycles. The summed E-state index contributed by atoms with van der Waals surface area (Å²) in [6.45, 7) is 0.660. The van der Waals surface area contributed by atoms with Crippen molar-refractivity contribution in [2.45, 2.75) is 6.10 Å². The third-order valence-corrected chi connectivity index (χ3v) is 2.61. The SMILES string of the molecule is COCC(CNC(=O)c1cc(Cl)ccc1O)OC. The Morgan fingerprint density at radius 2 is 2.22 bits per heavy atom. The number of phenols is 1. The molecule has 1 aromatic carbocycles. The summed E-state index contributed by atoms with van der Waals surface area (Å²) in [6, 6.07) is 4.29. The van der Waals surface area contributed by atoms with Crippen molar-refractivity contribution >= 4 is 17.5 Å². The highest BCUT2D eigenvalue weighted by Gasteiger charge is 2.14. The van der Waals surface area contributed by atoms with Crippen LogP contribution in [-0.2, 0) is 9.47 Å². The molecule has 6 heteroatoms. The Balaban J connectivity index is 2.62. The minimum absolute atomic E-state index is 0.113. The highest BCUT2D eigenvalue weighted by Crippen LogP contribution is 2.21. The number of benzene rings is 1. The van der Waals surface area contributed by atoms with Gasteiger partial charge < -0.3 is 19.9 Å². The summed E-state index contributed by atoms with van der Waals surface area (Å²) in [5.41, 5.74) is 0.134. The van der Waals surface area contributed by atoms with E-state index in [2.05, 4.69) is 5.32 Å². The predicted octanol–water partition coefficient (Wildman–Crippen LogP) is 1.44. The van der Waals surface area contributed by atoms with Crippen LogP contribution in [0.25, 0.3) is 0 Å². The maximum absolute atomic E-state index is 11.8. The molecule has 0 fully saturated rings. The average molecular weight is 274 g/mol. The van der Waals surface area contributed by atoms with Crippen LogP contribution >= 0.6 is 11.6 Å². The smallest absolute Gasteiger partial charge is 0.255 e. The Labute approximate surface area is 111 Å². The molecule has 0 aromatic heterocycles. The van der Waals surface area contributed by atoms with Gasteiger partial charge >= 0.3 is 0 Å². The van der Waals surface area contributed by atoms with E-state index in [1.807, 2.05) is 0 Å². The number of aromatic hydroxyl groups is 1. The third kappa shape index (κ3) is 4.18. The van der Waals surface area contributed by atoms with Crippen LogP contribution in [0.1, 0.15) is 10.4 Å². The first-order chi connectivity index (χ1) is 8.58. The van der Waals surface area contributed by atoms with Crippen molar-refractivity contribution in [3.63, 3.8) is 0 Å². The van der Waals surface area contributed by atoms with E-state index in [1.54, 1.807) is 7.11 Å². The minimum atomic E-state index is -0.409. The number of methoxy groups -OCH3 is 2. The van der Waals surface area contributed by atoms with E-state index in [1.165, 1.54) is 25.3 Å². The normalized spacial score (nSPS) is 12.2. The number of phenolic OH excluding ortho intramolecular Hbond substituents is 1. The summed E-state index contributed by atoms with van der Waals surface area (Å²) in [6.07, 6.45) is -0.236. The monoisotopic (exact) mass is 273 g/mol. The molecule has 0 bridgehead atoms. The fraction of sp³-hybridized carbons (Fsp3) is 0.417. The van der Waals surface area contributed by atoms with Crippen molar-refractivity contribution in [3.05, 3.63) is 28.8 Å². The second-order valence-electron chi connectivity index (χ2n) is 3.68. The summed E-state index contributed by atoms with van der Waals surface area (Å²) in [4.78, 5) is 11.8. The van der Waals surface area contributed by atoms with Gasteiger partial charge in [0.05, 0.1) is 18.3 Å². The van der Waals surface area contributed by atoms with Crippen LogP contribution in [0.2, 0.25) is 5.02 Å². The van der Waals surface area contributed by atoms with Crippen molar-refractivity contribution in [3.8, 4) is 5.75 Å². The molecular formula is C12H16ClNO4. The lowest BCUT2D eigenvalue weighted by molar-refractivity contribution is 0.0285. The van der Waals surface area contributed by atoms with E-state index < -0.39 is 5.91 Å². The molecule has 0 aliphatic carbocycles. The molecule has 1 atom stereocenters. The van der Waals surface area contributed by atoms with Crippen molar-refractivity contribution in [2.24, 2.45) is 0 Å². The Bertz CT molecular complexity index is 411. The second-order valence-corrected chi connectivity index (χ2v) is 4.12. The van der Waals surface area contributed by atoms with Crippen molar-refractivity contribution in [2.75, 3.05) is 27.4 Å². The van der Waals surface area contributed by atoms with Gasteiger partial charge in [0.1, 0.15) is 5.75 Å². The minimum Gasteiger partial charge on any atom is -0.507 e. The molecule has 2 N–H and O–H groups in total. The highest BCUT2D eigenvalue weighted by molar-refractivity contribution is 6.31. The number of carbonyl (C=O) groups excluding carboxylic acids is 1. The molecule has 5 nitrogen and oxygen atoms in total. The van der Waals surface area contributed by atoms with E-state index in [-0.39, 0.29) is 24.0 Å². The molecule has 0 spiro atoms. The van der Waals surface area contributed by atoms with E-state index >= 15 is 0 Å². The van der Waals surface area contributed by atoms with Gasteiger partial charge in [-0.1, -0.05) is 11.6 Å². The molecule has 0 heterocycles. The molecule has 1 amide bonds. The molecule has 1 unspecified atom stereocenters. The molecule has 0 saturated carbocycles. The van der Waals surface area contributed by atoms with Gasteiger partial charge in [0, 0.05) is 25.8 Å². The lowest BCUT2D eigenvalue weighted by atomic mass is 10.2. The zero-order chi connectivity index (χ0) is 13.5. The Morgan fingerprint density at radius 1 is 1.50 bits per heavy atom. The van der Waals surface area contributed by atoms with Crippen molar-refractivity contribution in [1.82, 2.24) is 5.32 Å². The summed E-state index contributed by atoms with van der Waals surface area (Å²) in [5, 5.41) is 12.6. The first kappa shape index (κ1) is 14.8. The lowest BCUT2D eigenvalue weighted by Crippen LogP contribution is -2.35. The van der Waals surface area contributed by atoms with Gasteiger partial charge in [-0.05, 0) is 18.2 Å². The van der Waals surface area contributed by atoms with E-state index in [0.717, 1.165) is 0 Å². The van der Waals surface area contributed by atoms with Crippen LogP contribution in [0.5, 0.6) is 5.75 Å². The van der Waals surface area contributed by atoms with Gasteiger partial charge in [-0.3, -0.25) is 4.79 Å². The van der Waals surface area contributed by atoms with Gasteiger partial charge in [0.15, 0.2) is 0 Å². The number of halogens is 1. The van der Waals surface area contributed by atoms with Gasteiger partial charge in [-0.15, -0.1) is 0 Å². The van der Waals surface area contributed by atoms with Gasteiger partial charge in [0.25, 0.3) is 5.91 Å². The van der Waals surface area contributed by atoms with E-state index in [0.29, 0.717) is 11.6 Å². The number of ether oxygens (including phenoxy) is 2. The van der Waals surface area contributed by atoms with Crippen LogP contribution in [0.4, 0.5) is 0 Å². The van der Waals surface area contributed by atoms with Gasteiger partial charge in [-0.25, -0.2) is 0 Å². The van der Waals surface area contributed by atoms with Crippen molar-refractivity contribution < 1.29 is 19.4 Å². The largest absolute Gasteiger partial charge is 0.507 e. The molecule has 18 heavy (non-hydrogen) atoms. The quantitative estimate of drug-likeness (QED) is 0.823. The molecular weight excluding hydrogens is 258 g/mol. The first-order valence-corrected chi connectivity index (χ1v) is 5.74. The maximum Gasteiger partial charge on any atom is 0.255 e. The zero-order valence-corrected chi connectivity index (χ0v) is 11.0. The third-order valence-electron chi connectivity index (χ3n) is 2.38. The Morgan fingerprint density at radius 3 is 2.83 bits per heavy atom. The van der Waals surface area contributed by atoms with Crippen LogP contribution in [0, 0.1) is 0 Å². The van der Waals surface area contributed by atoms with E-state index in [4.69, 9.17) is 21.1 Å². The predicted molar refractivity (Wildman–Crippen MR) is 68.1 cm³/mol. The Hall–Kier alpha value is -1.30. The molecule has 100 valence electrons. The summed E-state index contributed by atoms with van der Waals surface area (Å²) in [5.74, 6) is -0.522. The average Bonchev–Trinajstić information content (AvgIpc) is 2.37.